The van der Waals surface area contributed by atoms with Crippen LogP contribution in [0.15, 0.2) is 30.3 Å². The zero-order chi connectivity index (χ0) is 10.4. The first-order chi connectivity index (χ1) is 6.73. The van der Waals surface area contributed by atoms with Crippen LogP contribution < -0.4 is 5.30 Å². The molecule has 1 atom stereocenters. The van der Waals surface area contributed by atoms with Crippen LogP contribution in [0.1, 0.15) is 6.92 Å². The third-order valence-corrected chi connectivity index (χ3v) is 4.08. The average Bonchev–Trinajstić information content (AvgIpc) is 2.20. The molecule has 14 heavy (non-hydrogen) atoms. The van der Waals surface area contributed by atoms with Gasteiger partial charge in [-0.25, -0.2) is 0 Å². The Kier molecular flexibility index (Phi) is 3.88. The van der Waals surface area contributed by atoms with Crippen molar-refractivity contribution in [1.29, 1.82) is 5.26 Å². The molecular formula is C10H12NO2P. The second-order valence-corrected chi connectivity index (χ2v) is 5.18. The molecule has 0 spiro atoms. The summed E-state index contributed by atoms with van der Waals surface area (Å²) < 4.78 is 17.4. The van der Waals surface area contributed by atoms with Crippen molar-refractivity contribution in [3.05, 3.63) is 30.3 Å². The molecule has 0 heterocycles. The standard InChI is InChI=1S/C10H12NO2P/c1-2-13-14(12,9-8-11)10-6-4-3-5-7-10/h3-7H,2,9H2,1H3/t14-/m0/s1. The lowest BCUT2D eigenvalue weighted by atomic mass is 10.4. The smallest absolute Gasteiger partial charge is 0.245 e. The molecule has 0 aromatic heterocycles. The molecular weight excluding hydrogens is 197 g/mol. The fourth-order valence-corrected chi connectivity index (χ4v) is 2.82. The van der Waals surface area contributed by atoms with E-state index in [2.05, 4.69) is 0 Å². The fourth-order valence-electron chi connectivity index (χ4n) is 1.17. The first kappa shape index (κ1) is 11.0. The van der Waals surface area contributed by atoms with Gasteiger partial charge in [-0.05, 0) is 19.1 Å². The minimum atomic E-state index is -2.93. The molecule has 0 saturated heterocycles. The van der Waals surface area contributed by atoms with Crippen molar-refractivity contribution in [1.82, 2.24) is 0 Å². The highest BCUT2D eigenvalue weighted by Gasteiger charge is 2.24. The van der Waals surface area contributed by atoms with Crippen molar-refractivity contribution in [3.63, 3.8) is 0 Å². The highest BCUT2D eigenvalue weighted by atomic mass is 31.2. The normalized spacial score (nSPS) is 14.3. The molecule has 0 saturated carbocycles. The number of benzene rings is 1. The number of nitrogens with zero attached hydrogens (tertiary/aromatic N) is 1. The van der Waals surface area contributed by atoms with E-state index in [1.54, 1.807) is 31.2 Å². The van der Waals surface area contributed by atoms with E-state index in [0.29, 0.717) is 11.9 Å². The average molecular weight is 209 g/mol. The topological polar surface area (TPSA) is 50.1 Å². The van der Waals surface area contributed by atoms with Crippen molar-refractivity contribution >= 4 is 12.7 Å². The molecule has 0 N–H and O–H groups in total. The lowest BCUT2D eigenvalue weighted by molar-refractivity contribution is 0.343. The quantitative estimate of drug-likeness (QED) is 0.714. The number of rotatable bonds is 4. The Labute approximate surface area is 83.8 Å². The molecule has 74 valence electrons. The predicted octanol–water partition coefficient (Wildman–Crippen LogP) is 2.15. The minimum Gasteiger partial charge on any atom is -0.325 e. The van der Waals surface area contributed by atoms with Gasteiger partial charge in [0.2, 0.25) is 7.37 Å². The molecule has 0 aliphatic rings. The van der Waals surface area contributed by atoms with Crippen LogP contribution in [0.25, 0.3) is 0 Å². The lowest BCUT2D eigenvalue weighted by Gasteiger charge is -2.14. The molecule has 0 amide bonds. The monoisotopic (exact) mass is 209 g/mol. The Hall–Kier alpha value is -1.10. The van der Waals surface area contributed by atoms with Gasteiger partial charge in [-0.15, -0.1) is 0 Å². The highest BCUT2D eigenvalue weighted by Crippen LogP contribution is 2.44. The molecule has 0 fully saturated rings. The van der Waals surface area contributed by atoms with E-state index < -0.39 is 7.37 Å². The summed E-state index contributed by atoms with van der Waals surface area (Å²) in [5.41, 5.74) is 0. The summed E-state index contributed by atoms with van der Waals surface area (Å²) in [7, 11) is -2.93. The van der Waals surface area contributed by atoms with Gasteiger partial charge in [0.1, 0.15) is 6.16 Å². The highest BCUT2D eigenvalue weighted by molar-refractivity contribution is 7.67. The lowest BCUT2D eigenvalue weighted by Crippen LogP contribution is -2.09. The summed E-state index contributed by atoms with van der Waals surface area (Å²) in [6.07, 6.45) is -0.0646. The first-order valence-electron chi connectivity index (χ1n) is 4.39. The maximum Gasteiger partial charge on any atom is 0.245 e. The summed E-state index contributed by atoms with van der Waals surface area (Å²) in [6, 6.07) is 10.8. The summed E-state index contributed by atoms with van der Waals surface area (Å²) >= 11 is 0. The minimum absolute atomic E-state index is 0.0646. The Balaban J connectivity index is 3.01. The fraction of sp³-hybridized carbons (Fsp3) is 0.300. The van der Waals surface area contributed by atoms with Gasteiger partial charge in [0.05, 0.1) is 12.7 Å². The zero-order valence-electron chi connectivity index (χ0n) is 8.01. The van der Waals surface area contributed by atoms with Crippen LogP contribution in [-0.4, -0.2) is 12.8 Å². The number of hydrogen-bond acceptors (Lipinski definition) is 3. The van der Waals surface area contributed by atoms with Gasteiger partial charge < -0.3 is 4.52 Å². The molecule has 0 aliphatic carbocycles. The van der Waals surface area contributed by atoms with Crippen LogP contribution in [0.3, 0.4) is 0 Å². The maximum absolute atomic E-state index is 12.2. The summed E-state index contributed by atoms with van der Waals surface area (Å²) in [4.78, 5) is 0. The van der Waals surface area contributed by atoms with Crippen molar-refractivity contribution < 1.29 is 9.09 Å². The van der Waals surface area contributed by atoms with Gasteiger partial charge in [-0.2, -0.15) is 5.26 Å². The third-order valence-electron chi connectivity index (χ3n) is 1.77. The van der Waals surface area contributed by atoms with Crippen LogP contribution in [0.2, 0.25) is 0 Å². The van der Waals surface area contributed by atoms with E-state index in [4.69, 9.17) is 9.79 Å². The summed E-state index contributed by atoms with van der Waals surface area (Å²) in [6.45, 7) is 2.13. The molecule has 1 rings (SSSR count). The van der Waals surface area contributed by atoms with E-state index in [9.17, 15) is 4.57 Å². The van der Waals surface area contributed by atoms with Gasteiger partial charge in [0.25, 0.3) is 0 Å². The Morgan fingerprint density at radius 1 is 1.43 bits per heavy atom. The van der Waals surface area contributed by atoms with Crippen molar-refractivity contribution in [2.24, 2.45) is 0 Å². The Bertz CT molecular complexity index is 369. The van der Waals surface area contributed by atoms with Crippen LogP contribution in [0.5, 0.6) is 0 Å². The van der Waals surface area contributed by atoms with Gasteiger partial charge >= 0.3 is 0 Å². The van der Waals surface area contributed by atoms with Gasteiger partial charge in [-0.1, -0.05) is 18.2 Å². The summed E-state index contributed by atoms with van der Waals surface area (Å²) in [5.74, 6) is 0. The van der Waals surface area contributed by atoms with E-state index in [1.807, 2.05) is 12.1 Å². The second-order valence-electron chi connectivity index (χ2n) is 2.74. The van der Waals surface area contributed by atoms with Crippen LogP contribution in [-0.2, 0) is 9.09 Å². The van der Waals surface area contributed by atoms with Crippen LogP contribution in [0, 0.1) is 11.3 Å². The molecule has 0 radical (unpaired) electrons. The molecule has 3 nitrogen and oxygen atoms in total. The van der Waals surface area contributed by atoms with E-state index in [1.165, 1.54) is 0 Å². The maximum atomic E-state index is 12.2. The molecule has 4 heteroatoms. The number of nitriles is 1. The van der Waals surface area contributed by atoms with Crippen LogP contribution >= 0.6 is 7.37 Å². The second kappa shape index (κ2) is 4.95. The first-order valence-corrected chi connectivity index (χ1v) is 6.20. The summed E-state index contributed by atoms with van der Waals surface area (Å²) in [5, 5.41) is 9.20. The zero-order valence-corrected chi connectivity index (χ0v) is 8.91. The Morgan fingerprint density at radius 3 is 2.57 bits per heavy atom. The SMILES string of the molecule is CCO[P@@](=O)(CC#N)c1ccccc1. The molecule has 0 aliphatic heterocycles. The van der Waals surface area contributed by atoms with Crippen molar-refractivity contribution in [2.75, 3.05) is 12.8 Å². The van der Waals surface area contributed by atoms with Gasteiger partial charge in [-0.3, -0.25) is 4.57 Å². The predicted molar refractivity (Wildman–Crippen MR) is 55.8 cm³/mol. The molecule has 1 aromatic carbocycles. The van der Waals surface area contributed by atoms with Gasteiger partial charge in [0.15, 0.2) is 0 Å². The van der Waals surface area contributed by atoms with Gasteiger partial charge in [0, 0.05) is 5.30 Å². The van der Waals surface area contributed by atoms with Crippen molar-refractivity contribution in [3.8, 4) is 6.07 Å². The van der Waals surface area contributed by atoms with Crippen molar-refractivity contribution in [2.45, 2.75) is 6.92 Å². The third kappa shape index (κ3) is 2.45. The molecule has 0 bridgehead atoms. The van der Waals surface area contributed by atoms with E-state index >= 15 is 0 Å². The largest absolute Gasteiger partial charge is 0.325 e. The number of hydrogen-bond donors (Lipinski definition) is 0. The van der Waals surface area contributed by atoms with E-state index in [0.717, 1.165) is 0 Å². The van der Waals surface area contributed by atoms with E-state index in [-0.39, 0.29) is 6.16 Å². The van der Waals surface area contributed by atoms with Crippen LogP contribution in [0.4, 0.5) is 0 Å². The Morgan fingerprint density at radius 2 is 2.07 bits per heavy atom. The molecule has 1 aromatic rings. The molecule has 0 unspecified atom stereocenters.